The largest absolute Gasteiger partial charge is 0.0958 e. The number of hydrogen-bond donors (Lipinski definition) is 0. The molecule has 5 rings (SSSR count). The molecule has 0 saturated heterocycles. The molecule has 136 valence electrons. The Morgan fingerprint density at radius 3 is 2.69 bits per heavy atom. The zero-order valence-corrected chi connectivity index (χ0v) is 16.5. The maximum atomic E-state index is 4.25. The fourth-order valence-corrected chi connectivity index (χ4v) is 6.36. The van der Waals surface area contributed by atoms with Crippen molar-refractivity contribution in [3.05, 3.63) is 69.8 Å². The molecule has 0 heteroatoms. The van der Waals surface area contributed by atoms with Crippen molar-refractivity contribution in [2.75, 3.05) is 0 Å². The molecule has 26 heavy (non-hydrogen) atoms. The first-order valence-electron chi connectivity index (χ1n) is 10.7. The first-order valence-corrected chi connectivity index (χ1v) is 10.7. The average Bonchev–Trinajstić information content (AvgIpc) is 3.07. The second-order valence-electron chi connectivity index (χ2n) is 10.0. The van der Waals surface area contributed by atoms with Gasteiger partial charge in [0.2, 0.25) is 0 Å². The van der Waals surface area contributed by atoms with Gasteiger partial charge in [0, 0.05) is 5.92 Å². The maximum absolute atomic E-state index is 4.25. The van der Waals surface area contributed by atoms with Crippen LogP contribution in [0.5, 0.6) is 0 Å². The van der Waals surface area contributed by atoms with Gasteiger partial charge in [-0.1, -0.05) is 55.8 Å². The van der Waals surface area contributed by atoms with E-state index in [4.69, 9.17) is 0 Å². The summed E-state index contributed by atoms with van der Waals surface area (Å²) in [6, 6.07) is 7.50. The zero-order valence-electron chi connectivity index (χ0n) is 16.5. The summed E-state index contributed by atoms with van der Waals surface area (Å²) in [6.45, 7) is 9.26. The number of hydrogen-bond acceptors (Lipinski definition) is 0. The van der Waals surface area contributed by atoms with Crippen molar-refractivity contribution >= 4 is 0 Å². The molecule has 0 heterocycles. The summed E-state index contributed by atoms with van der Waals surface area (Å²) in [5.41, 5.74) is 11.8. The predicted molar refractivity (Wildman–Crippen MR) is 110 cm³/mol. The van der Waals surface area contributed by atoms with Gasteiger partial charge in [0.1, 0.15) is 0 Å². The normalized spacial score (nSPS) is 29.8. The molecule has 0 bridgehead atoms. The Bertz CT molecular complexity index is 830. The van der Waals surface area contributed by atoms with Crippen molar-refractivity contribution in [3.8, 4) is 0 Å². The fraction of sp³-hybridized carbons (Fsp3) is 0.538. The molecule has 1 aromatic carbocycles. The van der Waals surface area contributed by atoms with Crippen LogP contribution in [-0.4, -0.2) is 0 Å². The molecular formula is C26H32. The molecule has 1 saturated carbocycles. The molecule has 2 atom stereocenters. The molecule has 1 aromatic rings. The van der Waals surface area contributed by atoms with Crippen LogP contribution in [0.4, 0.5) is 0 Å². The second kappa shape index (κ2) is 5.98. The molecule has 0 spiro atoms. The van der Waals surface area contributed by atoms with E-state index in [1.54, 1.807) is 27.8 Å². The van der Waals surface area contributed by atoms with Crippen LogP contribution in [0.3, 0.4) is 0 Å². The van der Waals surface area contributed by atoms with Gasteiger partial charge in [-0.2, -0.15) is 0 Å². The molecule has 1 unspecified atom stereocenters. The third-order valence-corrected chi connectivity index (χ3v) is 7.47. The van der Waals surface area contributed by atoms with Crippen LogP contribution >= 0.6 is 0 Å². The van der Waals surface area contributed by atoms with E-state index in [9.17, 15) is 0 Å². The predicted octanol–water partition coefficient (Wildman–Crippen LogP) is 7.06. The van der Waals surface area contributed by atoms with Crippen LogP contribution in [-0.2, 0) is 12.8 Å². The van der Waals surface area contributed by atoms with Crippen LogP contribution in [0, 0.1) is 11.3 Å². The zero-order chi connectivity index (χ0) is 17.9. The molecule has 0 N–H and O–H groups in total. The Labute approximate surface area is 159 Å². The molecule has 0 amide bonds. The molecule has 1 fully saturated rings. The van der Waals surface area contributed by atoms with Gasteiger partial charge in [0.05, 0.1) is 0 Å². The molecule has 4 aliphatic carbocycles. The van der Waals surface area contributed by atoms with Gasteiger partial charge < -0.3 is 0 Å². The highest BCUT2D eigenvalue weighted by Gasteiger charge is 2.42. The Morgan fingerprint density at radius 2 is 1.81 bits per heavy atom. The summed E-state index contributed by atoms with van der Waals surface area (Å²) in [5, 5.41) is 0. The highest BCUT2D eigenvalue weighted by atomic mass is 14.5. The first kappa shape index (κ1) is 16.6. The number of aryl methyl sites for hydroxylation is 2. The third-order valence-electron chi connectivity index (χ3n) is 7.47. The summed E-state index contributed by atoms with van der Waals surface area (Å²) in [7, 11) is 0. The lowest BCUT2D eigenvalue weighted by atomic mass is 9.58. The Morgan fingerprint density at radius 1 is 0.962 bits per heavy atom. The highest BCUT2D eigenvalue weighted by Crippen LogP contribution is 2.56. The number of rotatable bonds is 1. The lowest BCUT2D eigenvalue weighted by Gasteiger charge is -2.47. The third kappa shape index (κ3) is 2.73. The minimum Gasteiger partial charge on any atom is -0.0958 e. The Balaban J connectivity index is 1.64. The van der Waals surface area contributed by atoms with Gasteiger partial charge in [-0.05, 0) is 97.0 Å². The van der Waals surface area contributed by atoms with Crippen molar-refractivity contribution < 1.29 is 0 Å². The van der Waals surface area contributed by atoms with Crippen LogP contribution < -0.4 is 0 Å². The van der Waals surface area contributed by atoms with Gasteiger partial charge in [-0.25, -0.2) is 0 Å². The summed E-state index contributed by atoms with van der Waals surface area (Å²) in [5.74, 6) is 1.44. The molecule has 0 nitrogen and oxygen atoms in total. The minimum absolute atomic E-state index is 0.456. The van der Waals surface area contributed by atoms with E-state index in [1.807, 2.05) is 5.57 Å². The summed E-state index contributed by atoms with van der Waals surface area (Å²) in [6.07, 6.45) is 14.1. The van der Waals surface area contributed by atoms with Crippen LogP contribution in [0.2, 0.25) is 0 Å². The molecule has 0 radical (unpaired) electrons. The van der Waals surface area contributed by atoms with Crippen LogP contribution in [0.1, 0.15) is 81.4 Å². The molecular weight excluding hydrogens is 312 g/mol. The van der Waals surface area contributed by atoms with E-state index < -0.39 is 0 Å². The van der Waals surface area contributed by atoms with E-state index in [-0.39, 0.29) is 0 Å². The van der Waals surface area contributed by atoms with Gasteiger partial charge in [0.25, 0.3) is 0 Å². The van der Waals surface area contributed by atoms with E-state index in [2.05, 4.69) is 44.7 Å². The fourth-order valence-electron chi connectivity index (χ4n) is 6.36. The standard InChI is InChI=1S/C26H32/c1-17-7-12-23-20(13-17)10-11-22-15-26(2,3)16-24(25(22)23)21-9-8-18-5-4-6-19(18)14-21/h8-9,13-14,22,24H,1,4-7,10-12,15-16H2,2-3H3/t22?,24-/m1/s1. The summed E-state index contributed by atoms with van der Waals surface area (Å²) in [4.78, 5) is 0. The van der Waals surface area contributed by atoms with Crippen molar-refractivity contribution in [2.24, 2.45) is 11.3 Å². The van der Waals surface area contributed by atoms with Crippen molar-refractivity contribution in [1.82, 2.24) is 0 Å². The topological polar surface area (TPSA) is 0 Å². The number of allylic oxidation sites excluding steroid dienone is 5. The lowest BCUT2D eigenvalue weighted by molar-refractivity contribution is 0.196. The monoisotopic (exact) mass is 344 g/mol. The smallest absolute Gasteiger partial charge is 0.00620 e. The van der Waals surface area contributed by atoms with E-state index >= 15 is 0 Å². The molecule has 0 aliphatic heterocycles. The second-order valence-corrected chi connectivity index (χ2v) is 10.0. The number of fused-ring (bicyclic) bond motifs is 3. The first-order chi connectivity index (χ1) is 12.5. The summed E-state index contributed by atoms with van der Waals surface area (Å²) < 4.78 is 0. The van der Waals surface area contributed by atoms with Crippen molar-refractivity contribution in [3.63, 3.8) is 0 Å². The van der Waals surface area contributed by atoms with E-state index in [0.29, 0.717) is 11.3 Å². The lowest BCUT2D eigenvalue weighted by Crippen LogP contribution is -2.33. The SMILES string of the molecule is C=C1C=C2CCC3CC(C)(C)C[C@H](c4ccc5c(c4)CCC5)C3=C2CC1. The highest BCUT2D eigenvalue weighted by molar-refractivity contribution is 5.51. The van der Waals surface area contributed by atoms with Gasteiger partial charge in [-0.15, -0.1) is 0 Å². The van der Waals surface area contributed by atoms with Crippen LogP contribution in [0.15, 0.2) is 53.1 Å². The van der Waals surface area contributed by atoms with Gasteiger partial charge >= 0.3 is 0 Å². The quantitative estimate of drug-likeness (QED) is 0.511. The van der Waals surface area contributed by atoms with Gasteiger partial charge in [0.15, 0.2) is 0 Å². The maximum Gasteiger partial charge on any atom is 0.00620 e. The summed E-state index contributed by atoms with van der Waals surface area (Å²) >= 11 is 0. The average molecular weight is 345 g/mol. The number of benzene rings is 1. The Hall–Kier alpha value is -1.56. The van der Waals surface area contributed by atoms with Crippen molar-refractivity contribution in [1.29, 1.82) is 0 Å². The molecule has 4 aliphatic rings. The molecule has 0 aromatic heterocycles. The van der Waals surface area contributed by atoms with Crippen LogP contribution in [0.25, 0.3) is 0 Å². The van der Waals surface area contributed by atoms with Gasteiger partial charge in [-0.3, -0.25) is 0 Å². The Kier molecular flexibility index (Phi) is 3.82. The van der Waals surface area contributed by atoms with Crippen molar-refractivity contribution in [2.45, 2.75) is 77.6 Å². The van der Waals surface area contributed by atoms with E-state index in [1.165, 1.54) is 56.9 Å². The minimum atomic E-state index is 0.456. The van der Waals surface area contributed by atoms with E-state index in [0.717, 1.165) is 12.3 Å².